The largest absolute Gasteiger partial charge is 0.478 e. The van der Waals surface area contributed by atoms with E-state index in [0.29, 0.717) is 5.69 Å². The molecule has 1 unspecified atom stereocenters. The van der Waals surface area contributed by atoms with Crippen molar-refractivity contribution in [3.8, 4) is 0 Å². The quantitative estimate of drug-likeness (QED) is 0.761. The molecule has 4 nitrogen and oxygen atoms in total. The van der Waals surface area contributed by atoms with E-state index in [2.05, 4.69) is 52.1 Å². The van der Waals surface area contributed by atoms with Crippen LogP contribution in [0.2, 0.25) is 0 Å². The number of nitrogens with one attached hydrogen (secondary N) is 1. The molecule has 0 spiro atoms. The summed E-state index contributed by atoms with van der Waals surface area (Å²) in [6.07, 6.45) is 7.27. The van der Waals surface area contributed by atoms with Crippen molar-refractivity contribution in [1.29, 1.82) is 0 Å². The van der Waals surface area contributed by atoms with E-state index in [1.165, 1.54) is 16.7 Å². The van der Waals surface area contributed by atoms with Crippen LogP contribution in [0.15, 0.2) is 59.7 Å². The zero-order chi connectivity index (χ0) is 19.5. The van der Waals surface area contributed by atoms with Crippen molar-refractivity contribution in [2.75, 3.05) is 5.32 Å². The lowest BCUT2D eigenvalue weighted by molar-refractivity contribution is -0.131. The van der Waals surface area contributed by atoms with Crippen LogP contribution in [-0.2, 0) is 15.0 Å². The Labute approximate surface area is 155 Å². The van der Waals surface area contributed by atoms with E-state index in [0.717, 1.165) is 18.6 Å². The molecule has 2 rings (SSSR count). The van der Waals surface area contributed by atoms with Gasteiger partial charge in [-0.15, -0.1) is 0 Å². The smallest absolute Gasteiger partial charge is 0.328 e. The van der Waals surface area contributed by atoms with E-state index >= 15 is 0 Å². The molecule has 26 heavy (non-hydrogen) atoms. The molecule has 0 aromatic heterocycles. The second-order valence-corrected chi connectivity index (χ2v) is 7.54. The first-order valence-corrected chi connectivity index (χ1v) is 8.80. The molecule has 0 saturated heterocycles. The van der Waals surface area contributed by atoms with Gasteiger partial charge >= 0.3 is 5.97 Å². The highest BCUT2D eigenvalue weighted by molar-refractivity contribution is 6.02. The van der Waals surface area contributed by atoms with Crippen molar-refractivity contribution < 1.29 is 14.7 Å². The fourth-order valence-electron chi connectivity index (χ4n) is 4.27. The molecule has 1 fully saturated rings. The molecule has 1 aromatic rings. The molecular weight excluding hydrogens is 326 g/mol. The van der Waals surface area contributed by atoms with Crippen molar-refractivity contribution in [3.63, 3.8) is 0 Å². The standard InChI is InChI=1S/C22H27NO3/c1-6-17-18(7-2)22(5,14-21(17,3)4)15-8-10-16(11-9-15)23-19(24)12-13-20(25)26/h6-13H,14H2,1-5H3,(H,23,24)(H,25,26)/b13-12-,17-6+,18-7+. The first-order chi connectivity index (χ1) is 12.1. The van der Waals surface area contributed by atoms with Crippen LogP contribution in [-0.4, -0.2) is 17.0 Å². The first kappa shape index (κ1) is 19.7. The summed E-state index contributed by atoms with van der Waals surface area (Å²) >= 11 is 0. The highest BCUT2D eigenvalue weighted by Crippen LogP contribution is 2.57. The van der Waals surface area contributed by atoms with Gasteiger partial charge in [-0.2, -0.15) is 0 Å². The molecule has 0 aliphatic heterocycles. The summed E-state index contributed by atoms with van der Waals surface area (Å²) in [5, 5.41) is 11.2. The maximum Gasteiger partial charge on any atom is 0.328 e. The van der Waals surface area contributed by atoms with Crippen LogP contribution >= 0.6 is 0 Å². The molecule has 2 N–H and O–H groups in total. The zero-order valence-electron chi connectivity index (χ0n) is 16.1. The fourth-order valence-corrected chi connectivity index (χ4v) is 4.27. The van der Waals surface area contributed by atoms with Crippen molar-refractivity contribution >= 4 is 17.6 Å². The van der Waals surface area contributed by atoms with Crippen LogP contribution in [0.4, 0.5) is 5.69 Å². The Hall–Kier alpha value is -2.62. The van der Waals surface area contributed by atoms with Crippen LogP contribution in [0.5, 0.6) is 0 Å². The van der Waals surface area contributed by atoms with Gasteiger partial charge < -0.3 is 10.4 Å². The Kier molecular flexibility index (Phi) is 5.55. The van der Waals surface area contributed by atoms with E-state index in [-0.39, 0.29) is 10.8 Å². The van der Waals surface area contributed by atoms with Crippen LogP contribution in [0.3, 0.4) is 0 Å². The minimum absolute atomic E-state index is 0.0775. The third-order valence-corrected chi connectivity index (χ3v) is 5.15. The van der Waals surface area contributed by atoms with E-state index in [9.17, 15) is 9.59 Å². The number of allylic oxidation sites excluding steroid dienone is 4. The molecule has 138 valence electrons. The maximum absolute atomic E-state index is 11.7. The Morgan fingerprint density at radius 1 is 1.00 bits per heavy atom. The predicted octanol–water partition coefficient (Wildman–Crippen LogP) is 4.85. The number of anilines is 1. The molecule has 1 saturated carbocycles. The SMILES string of the molecule is C/C=C1\C(=C/C)C(C)(c2ccc(NC(=O)/C=C\C(=O)O)cc2)CC1(C)C. The van der Waals surface area contributed by atoms with Gasteiger partial charge in [0.05, 0.1) is 0 Å². The van der Waals surface area contributed by atoms with Gasteiger partial charge in [-0.1, -0.05) is 45.1 Å². The maximum atomic E-state index is 11.7. The number of carboxylic acids is 1. The number of hydrogen-bond donors (Lipinski definition) is 2. The number of carbonyl (C=O) groups is 2. The Morgan fingerprint density at radius 3 is 2.08 bits per heavy atom. The summed E-state index contributed by atoms with van der Waals surface area (Å²) in [4.78, 5) is 22.2. The van der Waals surface area contributed by atoms with E-state index in [4.69, 9.17) is 5.11 Å². The fraction of sp³-hybridized carbons (Fsp3) is 0.364. The van der Waals surface area contributed by atoms with Gasteiger partial charge in [0.25, 0.3) is 0 Å². The third-order valence-electron chi connectivity index (χ3n) is 5.15. The second-order valence-electron chi connectivity index (χ2n) is 7.54. The van der Waals surface area contributed by atoms with Crippen LogP contribution < -0.4 is 5.32 Å². The third kappa shape index (κ3) is 3.79. The lowest BCUT2D eigenvalue weighted by Gasteiger charge is -2.28. The number of aliphatic carboxylic acids is 1. The number of benzene rings is 1. The lowest BCUT2D eigenvalue weighted by Crippen LogP contribution is -2.21. The summed E-state index contributed by atoms with van der Waals surface area (Å²) in [5.74, 6) is -1.61. The molecule has 1 aliphatic carbocycles. The van der Waals surface area contributed by atoms with Crippen LogP contribution in [0, 0.1) is 5.41 Å². The Morgan fingerprint density at radius 2 is 1.58 bits per heavy atom. The molecule has 1 aliphatic rings. The van der Waals surface area contributed by atoms with Gasteiger partial charge in [-0.05, 0) is 54.5 Å². The van der Waals surface area contributed by atoms with Gasteiger partial charge in [0, 0.05) is 23.3 Å². The monoisotopic (exact) mass is 353 g/mol. The number of amides is 1. The van der Waals surface area contributed by atoms with Crippen molar-refractivity contribution in [2.24, 2.45) is 5.41 Å². The van der Waals surface area contributed by atoms with E-state index in [1.807, 2.05) is 24.3 Å². The molecule has 0 radical (unpaired) electrons. The molecule has 1 amide bonds. The van der Waals surface area contributed by atoms with Crippen LogP contribution in [0.25, 0.3) is 0 Å². The summed E-state index contributed by atoms with van der Waals surface area (Å²) in [7, 11) is 0. The molecule has 0 heterocycles. The molecule has 4 heteroatoms. The average Bonchev–Trinajstić information content (AvgIpc) is 2.78. The van der Waals surface area contributed by atoms with Gasteiger partial charge in [-0.3, -0.25) is 4.79 Å². The molecule has 1 aromatic carbocycles. The van der Waals surface area contributed by atoms with Crippen molar-refractivity contribution in [2.45, 2.75) is 46.5 Å². The highest BCUT2D eigenvalue weighted by atomic mass is 16.4. The summed E-state index contributed by atoms with van der Waals surface area (Å²) in [6.45, 7) is 11.0. The normalized spacial score (nSPS) is 25.1. The summed E-state index contributed by atoms with van der Waals surface area (Å²) in [6, 6.07) is 7.80. The summed E-state index contributed by atoms with van der Waals surface area (Å²) < 4.78 is 0. The van der Waals surface area contributed by atoms with Crippen molar-refractivity contribution in [3.05, 3.63) is 65.3 Å². The van der Waals surface area contributed by atoms with Crippen LogP contribution in [0.1, 0.15) is 46.6 Å². The number of rotatable bonds is 4. The zero-order valence-corrected chi connectivity index (χ0v) is 16.1. The van der Waals surface area contributed by atoms with Gasteiger partial charge in [0.1, 0.15) is 0 Å². The average molecular weight is 353 g/mol. The van der Waals surface area contributed by atoms with E-state index < -0.39 is 11.9 Å². The minimum atomic E-state index is -1.15. The summed E-state index contributed by atoms with van der Waals surface area (Å²) in [5.41, 5.74) is 4.62. The number of hydrogen-bond acceptors (Lipinski definition) is 2. The highest BCUT2D eigenvalue weighted by Gasteiger charge is 2.47. The first-order valence-electron chi connectivity index (χ1n) is 8.80. The Bertz CT molecular complexity index is 797. The van der Waals surface area contributed by atoms with Gasteiger partial charge in [-0.25, -0.2) is 4.79 Å². The number of carbonyl (C=O) groups excluding carboxylic acids is 1. The topological polar surface area (TPSA) is 66.4 Å². The lowest BCUT2D eigenvalue weighted by atomic mass is 9.76. The number of carboxylic acid groups (broad SMARTS) is 1. The minimum Gasteiger partial charge on any atom is -0.478 e. The second kappa shape index (κ2) is 7.32. The molecular formula is C22H27NO3. The predicted molar refractivity (Wildman–Crippen MR) is 105 cm³/mol. The van der Waals surface area contributed by atoms with Gasteiger partial charge in [0.2, 0.25) is 5.91 Å². The van der Waals surface area contributed by atoms with Gasteiger partial charge in [0.15, 0.2) is 0 Å². The molecule has 0 bridgehead atoms. The molecule has 1 atom stereocenters. The Balaban J connectivity index is 2.28. The van der Waals surface area contributed by atoms with Crippen molar-refractivity contribution in [1.82, 2.24) is 0 Å². The van der Waals surface area contributed by atoms with E-state index in [1.54, 1.807) is 0 Å².